The molecule has 3 saturated heterocycles. The topological polar surface area (TPSA) is 131 Å². The molecule has 256 valence electrons. The van der Waals surface area contributed by atoms with E-state index >= 15 is 4.39 Å². The number of carbonyl (C=O) groups excluding carboxylic acids is 3. The Morgan fingerprint density at radius 1 is 1.08 bits per heavy atom. The van der Waals surface area contributed by atoms with Gasteiger partial charge >= 0.3 is 12.2 Å². The Morgan fingerprint density at radius 2 is 1.84 bits per heavy atom. The second-order valence-electron chi connectivity index (χ2n) is 14.0. The molecular weight excluding hydrogens is 633 g/mol. The van der Waals surface area contributed by atoms with Crippen LogP contribution < -0.4 is 4.90 Å². The maximum Gasteiger partial charge on any atom is 0.414 e. The van der Waals surface area contributed by atoms with E-state index in [4.69, 9.17) is 16.0 Å². The molecule has 4 aliphatic rings. The quantitative estimate of drug-likeness (QED) is 0.348. The van der Waals surface area contributed by atoms with Crippen molar-refractivity contribution in [2.24, 2.45) is 11.8 Å². The highest BCUT2D eigenvalue weighted by molar-refractivity contribution is 5.90. The largest absolute Gasteiger partial charge is 0.444 e. The van der Waals surface area contributed by atoms with Crippen molar-refractivity contribution in [3.63, 3.8) is 0 Å². The summed E-state index contributed by atoms with van der Waals surface area (Å²) < 4.78 is 27.8. The number of piperazine rings is 1. The monoisotopic (exact) mass is 671 g/mol. The molecule has 3 aromatic rings. The van der Waals surface area contributed by atoms with Crippen LogP contribution >= 0.6 is 0 Å². The normalized spacial score (nSPS) is 25.2. The number of aromatic nitrogens is 4. The van der Waals surface area contributed by atoms with Gasteiger partial charge in [-0.3, -0.25) is 19.6 Å². The minimum atomic E-state index is -0.796. The molecule has 1 unspecified atom stereocenters. The summed E-state index contributed by atoms with van der Waals surface area (Å²) in [7, 11) is 0. The van der Waals surface area contributed by atoms with Gasteiger partial charge in [0, 0.05) is 62.8 Å². The highest BCUT2D eigenvalue weighted by Crippen LogP contribution is 2.64. The molecule has 1 saturated carbocycles. The van der Waals surface area contributed by atoms with E-state index in [9.17, 15) is 14.4 Å². The minimum Gasteiger partial charge on any atom is -0.444 e. The highest BCUT2D eigenvalue weighted by Gasteiger charge is 2.78. The first-order chi connectivity index (χ1) is 23.4. The molecule has 1 aliphatic carbocycles. The Labute approximate surface area is 283 Å². The molecule has 2 aromatic heterocycles. The lowest BCUT2D eigenvalue weighted by Gasteiger charge is -2.36. The summed E-state index contributed by atoms with van der Waals surface area (Å²) in [5, 5.41) is 7.65. The first-order valence-electron chi connectivity index (χ1n) is 16.4. The van der Waals surface area contributed by atoms with Crippen LogP contribution in [0.4, 0.5) is 19.7 Å². The number of likely N-dealkylation sites (tertiary alicyclic amines) is 1. The number of nitrogens with zero attached hydrogens (tertiary/aromatic N) is 9. The van der Waals surface area contributed by atoms with Gasteiger partial charge in [-0.1, -0.05) is 11.3 Å². The minimum absolute atomic E-state index is 0.0130. The van der Waals surface area contributed by atoms with Gasteiger partial charge in [0.15, 0.2) is 0 Å². The average Bonchev–Trinajstić information content (AvgIpc) is 3.57. The van der Waals surface area contributed by atoms with Gasteiger partial charge in [0.25, 0.3) is 5.54 Å². The Balaban J connectivity index is 0.932. The number of ether oxygens (including phenoxy) is 2. The van der Waals surface area contributed by atoms with E-state index in [1.165, 1.54) is 11.0 Å². The summed E-state index contributed by atoms with van der Waals surface area (Å²) in [6.45, 7) is 17.6. The number of carbonyl (C=O) groups is 3. The van der Waals surface area contributed by atoms with Gasteiger partial charge in [-0.25, -0.2) is 25.2 Å². The number of hydrogen-bond donors (Lipinski definition) is 0. The van der Waals surface area contributed by atoms with Crippen LogP contribution in [-0.2, 0) is 26.4 Å². The summed E-state index contributed by atoms with van der Waals surface area (Å²) in [4.78, 5) is 53.6. The van der Waals surface area contributed by atoms with E-state index in [0.717, 1.165) is 0 Å². The average molecular weight is 672 g/mol. The Kier molecular flexibility index (Phi) is 8.22. The Bertz CT molecular complexity index is 1770. The maximum absolute atomic E-state index is 15.4. The smallest absolute Gasteiger partial charge is 0.414 e. The first-order valence-corrected chi connectivity index (χ1v) is 16.4. The highest BCUT2D eigenvalue weighted by atomic mass is 19.1. The number of cyclic esters (lactones) is 1. The number of halogens is 1. The van der Waals surface area contributed by atoms with Crippen LogP contribution in [0.1, 0.15) is 26.5 Å². The number of piperidine rings is 1. The molecule has 14 nitrogen and oxygen atoms in total. The third kappa shape index (κ3) is 6.28. The summed E-state index contributed by atoms with van der Waals surface area (Å²) in [5.41, 5.74) is 0.540. The zero-order valence-corrected chi connectivity index (χ0v) is 27.7. The Hall–Kier alpha value is -5.10. The van der Waals surface area contributed by atoms with Crippen molar-refractivity contribution in [2.45, 2.75) is 44.6 Å². The van der Waals surface area contributed by atoms with Gasteiger partial charge in [0.05, 0.1) is 43.4 Å². The Morgan fingerprint density at radius 3 is 2.45 bits per heavy atom. The van der Waals surface area contributed by atoms with Gasteiger partial charge in [0.1, 0.15) is 23.2 Å². The van der Waals surface area contributed by atoms with Crippen LogP contribution in [0.25, 0.3) is 16.0 Å². The maximum atomic E-state index is 15.4. The SMILES string of the molecule is [C-]#[N+]C1(c2ccc(-c3ccc(N4C[C@H](Cn5ccnn5)OC4=O)cc3F)cn2)[C@@H]2CN(C(=O)CN3CCN(C(=O)OC(C)(C)C)CC3)C[C@@H]21. The van der Waals surface area contributed by atoms with Crippen molar-refractivity contribution < 1.29 is 28.2 Å². The van der Waals surface area contributed by atoms with Crippen molar-refractivity contribution in [1.82, 2.24) is 34.7 Å². The standard InChI is InChI=1S/C34H38FN9O5/c1-33(2,3)49-31(46)41-13-11-40(12-14-41)21-30(45)42-19-26-27(20-42)34(26,36-4)29-8-5-22(16-37-29)25-7-6-23(15-28(25)35)44-18-24(48-32(44)47)17-43-10-9-38-39-43/h5-10,15-16,24,26-27H,11-14,17-21H2,1-3H3/t24-,26-,27+,34?/m0/s1. The molecule has 3 aliphatic heterocycles. The van der Waals surface area contributed by atoms with Crippen LogP contribution in [0, 0.1) is 24.2 Å². The molecule has 0 N–H and O–H groups in total. The van der Waals surface area contributed by atoms with Crippen LogP contribution in [0.2, 0.25) is 0 Å². The lowest BCUT2D eigenvalue weighted by Crippen LogP contribution is -2.52. The molecule has 0 radical (unpaired) electrons. The molecule has 1 aromatic carbocycles. The van der Waals surface area contributed by atoms with Crippen molar-refractivity contribution in [2.75, 3.05) is 57.3 Å². The van der Waals surface area contributed by atoms with Crippen molar-refractivity contribution in [1.29, 1.82) is 0 Å². The number of pyridine rings is 1. The zero-order chi connectivity index (χ0) is 34.5. The molecule has 49 heavy (non-hydrogen) atoms. The second kappa shape index (κ2) is 12.4. The number of anilines is 1. The summed E-state index contributed by atoms with van der Waals surface area (Å²) in [6.07, 6.45) is 3.47. The lowest BCUT2D eigenvalue weighted by atomic mass is 10.0. The number of hydrogen-bond acceptors (Lipinski definition) is 9. The molecule has 3 amide bonds. The van der Waals surface area contributed by atoms with E-state index < -0.39 is 29.2 Å². The van der Waals surface area contributed by atoms with E-state index in [0.29, 0.717) is 68.3 Å². The predicted molar refractivity (Wildman–Crippen MR) is 173 cm³/mol. The van der Waals surface area contributed by atoms with Gasteiger partial charge in [0.2, 0.25) is 5.91 Å². The van der Waals surface area contributed by atoms with E-state index in [-0.39, 0.29) is 36.9 Å². The fraction of sp³-hybridized carbons (Fsp3) is 0.500. The van der Waals surface area contributed by atoms with Crippen LogP contribution in [-0.4, -0.2) is 117 Å². The number of rotatable bonds is 7. The van der Waals surface area contributed by atoms with Crippen molar-refractivity contribution in [3.8, 4) is 11.1 Å². The fourth-order valence-electron chi connectivity index (χ4n) is 7.18. The molecule has 0 spiro atoms. The number of fused-ring (bicyclic) bond motifs is 1. The number of amides is 3. The van der Waals surface area contributed by atoms with Gasteiger partial charge in [-0.2, -0.15) is 0 Å². The van der Waals surface area contributed by atoms with Gasteiger partial charge in [-0.15, -0.1) is 5.10 Å². The molecule has 0 bridgehead atoms. The van der Waals surface area contributed by atoms with E-state index in [1.54, 1.807) is 52.4 Å². The predicted octanol–water partition coefficient (Wildman–Crippen LogP) is 3.26. The zero-order valence-electron chi connectivity index (χ0n) is 27.7. The van der Waals surface area contributed by atoms with Gasteiger partial charge in [-0.05, 0) is 45.0 Å². The second-order valence-corrected chi connectivity index (χ2v) is 14.0. The molecular formula is C34H38FN9O5. The summed E-state index contributed by atoms with van der Waals surface area (Å²) in [5.74, 6) is -0.517. The van der Waals surface area contributed by atoms with Crippen LogP contribution in [0.5, 0.6) is 0 Å². The van der Waals surface area contributed by atoms with Crippen molar-refractivity contribution in [3.05, 3.63) is 71.9 Å². The first kappa shape index (κ1) is 32.4. The molecule has 7 rings (SSSR count). The summed E-state index contributed by atoms with van der Waals surface area (Å²) >= 11 is 0. The van der Waals surface area contributed by atoms with Crippen LogP contribution in [0.15, 0.2) is 48.9 Å². The van der Waals surface area contributed by atoms with Crippen molar-refractivity contribution >= 4 is 23.8 Å². The summed E-state index contributed by atoms with van der Waals surface area (Å²) in [6, 6.07) is 8.13. The van der Waals surface area contributed by atoms with Crippen LogP contribution in [0.3, 0.4) is 0 Å². The molecule has 5 heterocycles. The molecule has 15 heteroatoms. The van der Waals surface area contributed by atoms with E-state index in [2.05, 4.69) is 25.0 Å². The van der Waals surface area contributed by atoms with Gasteiger partial charge < -0.3 is 24.1 Å². The lowest BCUT2D eigenvalue weighted by molar-refractivity contribution is -0.132. The third-order valence-corrected chi connectivity index (χ3v) is 9.75. The fourth-order valence-corrected chi connectivity index (χ4v) is 7.18. The molecule has 4 atom stereocenters. The third-order valence-electron chi connectivity index (χ3n) is 9.75. The number of benzene rings is 1. The van der Waals surface area contributed by atoms with E-state index in [1.807, 2.05) is 25.7 Å². The molecule has 4 fully saturated rings.